The van der Waals surface area contributed by atoms with E-state index in [1.165, 1.54) is 0 Å². The van der Waals surface area contributed by atoms with Crippen molar-refractivity contribution in [2.24, 2.45) is 0 Å². The molecule has 0 saturated carbocycles. The number of piperazine rings is 1. The Labute approximate surface area is 163 Å². The molecule has 0 aliphatic carbocycles. The van der Waals surface area contributed by atoms with Gasteiger partial charge in [-0.15, -0.1) is 24.8 Å². The van der Waals surface area contributed by atoms with Crippen molar-refractivity contribution >= 4 is 36.6 Å². The Morgan fingerprint density at radius 1 is 1.12 bits per heavy atom. The Kier molecular flexibility index (Phi) is 10.9. The molecule has 0 unspecified atom stereocenters. The maximum Gasteiger partial charge on any atom is 0.254 e. The minimum atomic E-state index is -0.664. The molecule has 2 heterocycles. The first-order chi connectivity index (χ1) is 11.0. The Morgan fingerprint density at radius 2 is 1.68 bits per heavy atom. The zero-order valence-electron chi connectivity index (χ0n) is 15.4. The molecule has 0 atom stereocenters. The summed E-state index contributed by atoms with van der Waals surface area (Å²) in [5, 5.41) is 6.18. The average molecular weight is 399 g/mol. The first kappa shape index (κ1) is 24.4. The molecule has 7 nitrogen and oxygen atoms in total. The number of piperidine rings is 1. The van der Waals surface area contributed by atoms with Crippen molar-refractivity contribution < 1.29 is 14.3 Å². The molecule has 0 aromatic carbocycles. The molecule has 0 radical (unpaired) electrons. The molecule has 148 valence electrons. The van der Waals surface area contributed by atoms with Gasteiger partial charge in [-0.3, -0.25) is 14.5 Å². The number of hydrogen-bond donors (Lipinski definition) is 2. The van der Waals surface area contributed by atoms with Crippen molar-refractivity contribution in [2.75, 3.05) is 52.9 Å². The van der Waals surface area contributed by atoms with E-state index in [9.17, 15) is 9.59 Å². The third-order valence-electron chi connectivity index (χ3n) is 4.67. The molecule has 0 aromatic rings. The largest absolute Gasteiger partial charge is 0.368 e. The molecule has 9 heteroatoms. The van der Waals surface area contributed by atoms with Gasteiger partial charge < -0.3 is 20.3 Å². The summed E-state index contributed by atoms with van der Waals surface area (Å²) >= 11 is 0. The van der Waals surface area contributed by atoms with Gasteiger partial charge in [-0.05, 0) is 39.8 Å². The zero-order valence-corrected chi connectivity index (χ0v) is 17.0. The smallest absolute Gasteiger partial charge is 0.254 e. The lowest BCUT2D eigenvalue weighted by atomic mass is 9.90. The highest BCUT2D eigenvalue weighted by atomic mass is 35.5. The number of halogens is 2. The van der Waals surface area contributed by atoms with Crippen LogP contribution in [0.25, 0.3) is 0 Å². The van der Waals surface area contributed by atoms with Crippen molar-refractivity contribution in [1.82, 2.24) is 20.4 Å². The Bertz CT molecular complexity index is 424. The second kappa shape index (κ2) is 11.2. The summed E-state index contributed by atoms with van der Waals surface area (Å²) in [6, 6.07) is 0.159. The number of rotatable bonds is 5. The second-order valence-corrected chi connectivity index (χ2v) is 6.74. The average Bonchev–Trinajstić information content (AvgIpc) is 2.54. The highest BCUT2D eigenvalue weighted by molar-refractivity contribution is 5.86. The first-order valence-corrected chi connectivity index (χ1v) is 8.54. The predicted molar refractivity (Wildman–Crippen MR) is 103 cm³/mol. The van der Waals surface area contributed by atoms with E-state index >= 15 is 0 Å². The van der Waals surface area contributed by atoms with Gasteiger partial charge in [0.1, 0.15) is 5.60 Å². The normalized spacial score (nSPS) is 20.4. The zero-order chi connectivity index (χ0) is 16.9. The van der Waals surface area contributed by atoms with Gasteiger partial charge in [0.2, 0.25) is 5.91 Å². The molecule has 2 aliphatic rings. The van der Waals surface area contributed by atoms with Crippen molar-refractivity contribution in [3.05, 3.63) is 0 Å². The third kappa shape index (κ3) is 6.57. The van der Waals surface area contributed by atoms with E-state index in [1.807, 2.05) is 18.7 Å². The fourth-order valence-electron chi connectivity index (χ4n) is 3.30. The van der Waals surface area contributed by atoms with E-state index in [-0.39, 0.29) is 42.7 Å². The van der Waals surface area contributed by atoms with E-state index in [0.29, 0.717) is 19.6 Å². The number of nitrogens with zero attached hydrogens (tertiary/aromatic N) is 2. The molecule has 2 rings (SSSR count). The van der Waals surface area contributed by atoms with E-state index in [1.54, 1.807) is 7.11 Å². The van der Waals surface area contributed by atoms with Gasteiger partial charge in [0, 0.05) is 39.3 Å². The SMILES string of the molecule is COC1(C(=O)N2CCN(CC(=O)NC(C)C)CC2)CCNCC1.Cl.Cl. The summed E-state index contributed by atoms with van der Waals surface area (Å²) < 4.78 is 5.62. The van der Waals surface area contributed by atoms with Crippen molar-refractivity contribution in [1.29, 1.82) is 0 Å². The molecule has 2 N–H and O–H groups in total. The number of amides is 2. The van der Waals surface area contributed by atoms with E-state index in [4.69, 9.17) is 4.74 Å². The van der Waals surface area contributed by atoms with Gasteiger partial charge in [-0.25, -0.2) is 0 Å². The summed E-state index contributed by atoms with van der Waals surface area (Å²) in [6.45, 7) is 8.72. The second-order valence-electron chi connectivity index (χ2n) is 6.74. The number of carbonyl (C=O) groups is 2. The summed E-state index contributed by atoms with van der Waals surface area (Å²) in [6.07, 6.45) is 1.44. The fraction of sp³-hybridized carbons (Fsp3) is 0.875. The minimum absolute atomic E-state index is 0. The van der Waals surface area contributed by atoms with Gasteiger partial charge >= 0.3 is 0 Å². The quantitative estimate of drug-likeness (QED) is 0.694. The van der Waals surface area contributed by atoms with Crippen LogP contribution in [-0.4, -0.2) is 86.2 Å². The van der Waals surface area contributed by atoms with Crippen LogP contribution in [0.15, 0.2) is 0 Å². The van der Waals surface area contributed by atoms with Crippen LogP contribution < -0.4 is 10.6 Å². The number of methoxy groups -OCH3 is 1. The summed E-state index contributed by atoms with van der Waals surface area (Å²) in [5.74, 6) is 0.152. The molecular formula is C16H32Cl2N4O3. The van der Waals surface area contributed by atoms with Crippen molar-refractivity contribution in [2.45, 2.75) is 38.3 Å². The lowest BCUT2D eigenvalue weighted by molar-refractivity contribution is -0.160. The van der Waals surface area contributed by atoms with Crippen LogP contribution in [-0.2, 0) is 14.3 Å². The maximum absolute atomic E-state index is 12.9. The van der Waals surface area contributed by atoms with Crippen molar-refractivity contribution in [3.8, 4) is 0 Å². The topological polar surface area (TPSA) is 73.9 Å². The van der Waals surface area contributed by atoms with E-state index in [0.717, 1.165) is 39.0 Å². The molecule has 0 bridgehead atoms. The Balaban J connectivity index is 0.00000288. The van der Waals surface area contributed by atoms with Crippen LogP contribution in [0.3, 0.4) is 0 Å². The van der Waals surface area contributed by atoms with Gasteiger partial charge in [0.25, 0.3) is 5.91 Å². The summed E-state index contributed by atoms with van der Waals surface area (Å²) in [7, 11) is 1.63. The number of ether oxygens (including phenoxy) is 1. The standard InChI is InChI=1S/C16H30N4O3.2ClH/c1-13(2)18-14(21)12-19-8-10-20(11-9-19)15(22)16(23-3)4-6-17-7-5-16;;/h13,17H,4-12H2,1-3H3,(H,18,21);2*1H. The van der Waals surface area contributed by atoms with Crippen LogP contribution >= 0.6 is 24.8 Å². The minimum Gasteiger partial charge on any atom is -0.368 e. The molecule has 2 amide bonds. The van der Waals surface area contributed by atoms with E-state index < -0.39 is 5.60 Å². The van der Waals surface area contributed by atoms with E-state index in [2.05, 4.69) is 15.5 Å². The first-order valence-electron chi connectivity index (χ1n) is 8.54. The summed E-state index contributed by atoms with van der Waals surface area (Å²) in [4.78, 5) is 28.7. The van der Waals surface area contributed by atoms with Gasteiger partial charge in [-0.2, -0.15) is 0 Å². The molecule has 0 aromatic heterocycles. The molecule has 2 fully saturated rings. The molecule has 25 heavy (non-hydrogen) atoms. The maximum atomic E-state index is 12.9. The highest BCUT2D eigenvalue weighted by Gasteiger charge is 2.43. The van der Waals surface area contributed by atoms with Gasteiger partial charge in [0.15, 0.2) is 0 Å². The molecule has 0 spiro atoms. The highest BCUT2D eigenvalue weighted by Crippen LogP contribution is 2.25. The Morgan fingerprint density at radius 3 is 2.16 bits per heavy atom. The molecule has 2 saturated heterocycles. The monoisotopic (exact) mass is 398 g/mol. The van der Waals surface area contributed by atoms with Crippen LogP contribution in [0.1, 0.15) is 26.7 Å². The van der Waals surface area contributed by atoms with Crippen LogP contribution in [0.2, 0.25) is 0 Å². The van der Waals surface area contributed by atoms with Crippen molar-refractivity contribution in [3.63, 3.8) is 0 Å². The third-order valence-corrected chi connectivity index (χ3v) is 4.67. The lowest BCUT2D eigenvalue weighted by Crippen LogP contribution is -2.59. The van der Waals surface area contributed by atoms with Crippen LogP contribution in [0.5, 0.6) is 0 Å². The number of nitrogens with one attached hydrogen (secondary N) is 2. The van der Waals surface area contributed by atoms with Crippen LogP contribution in [0.4, 0.5) is 0 Å². The van der Waals surface area contributed by atoms with Crippen LogP contribution in [0, 0.1) is 0 Å². The number of carbonyl (C=O) groups excluding carboxylic acids is 2. The lowest BCUT2D eigenvalue weighted by Gasteiger charge is -2.42. The molecule has 2 aliphatic heterocycles. The Hall–Kier alpha value is -0.600. The molecular weight excluding hydrogens is 367 g/mol. The van der Waals surface area contributed by atoms with Gasteiger partial charge in [-0.1, -0.05) is 0 Å². The van der Waals surface area contributed by atoms with Gasteiger partial charge in [0.05, 0.1) is 6.54 Å². The summed E-state index contributed by atoms with van der Waals surface area (Å²) in [5.41, 5.74) is -0.664. The predicted octanol–water partition coefficient (Wildman–Crippen LogP) is 0.267. The number of hydrogen-bond acceptors (Lipinski definition) is 5. The fourth-order valence-corrected chi connectivity index (χ4v) is 3.30.